The smallest absolute Gasteiger partial charge is 0.231 e. The first-order valence-corrected chi connectivity index (χ1v) is 7.31. The molecule has 2 heterocycles. The first kappa shape index (κ1) is 13.1. The molecule has 0 aromatic heterocycles. The normalized spacial score (nSPS) is 24.4. The fourth-order valence-corrected chi connectivity index (χ4v) is 3.14. The van der Waals surface area contributed by atoms with Gasteiger partial charge in [-0.3, -0.25) is 4.79 Å². The van der Waals surface area contributed by atoms with Crippen LogP contribution in [0.25, 0.3) is 0 Å². The van der Waals surface area contributed by atoms with Crippen molar-refractivity contribution in [2.45, 2.75) is 17.4 Å². The highest BCUT2D eigenvalue weighted by Gasteiger charge is 2.28. The van der Waals surface area contributed by atoms with E-state index in [1.165, 1.54) is 0 Å². The molecule has 1 amide bonds. The Balaban J connectivity index is 1.82. The SMILES string of the molecule is CN1C(=O)Cc2cc(C(Br)C3COCCO3)ccc21. The Morgan fingerprint density at radius 3 is 3.00 bits per heavy atom. The van der Waals surface area contributed by atoms with Gasteiger partial charge in [-0.15, -0.1) is 0 Å². The quantitative estimate of drug-likeness (QED) is 0.781. The summed E-state index contributed by atoms with van der Waals surface area (Å²) in [7, 11) is 1.82. The molecule has 1 aromatic carbocycles. The zero-order valence-electron chi connectivity index (χ0n) is 10.8. The lowest BCUT2D eigenvalue weighted by Crippen LogP contribution is -2.31. The average molecular weight is 326 g/mol. The van der Waals surface area contributed by atoms with Crippen LogP contribution >= 0.6 is 15.9 Å². The maximum Gasteiger partial charge on any atom is 0.231 e. The second-order valence-corrected chi connectivity index (χ2v) is 5.89. The molecule has 4 nitrogen and oxygen atoms in total. The van der Waals surface area contributed by atoms with E-state index in [0.29, 0.717) is 26.2 Å². The number of anilines is 1. The Morgan fingerprint density at radius 1 is 1.42 bits per heavy atom. The van der Waals surface area contributed by atoms with E-state index in [9.17, 15) is 4.79 Å². The van der Waals surface area contributed by atoms with Crippen LogP contribution in [0.2, 0.25) is 0 Å². The summed E-state index contributed by atoms with van der Waals surface area (Å²) in [6.07, 6.45) is 0.517. The summed E-state index contributed by atoms with van der Waals surface area (Å²) in [4.78, 5) is 13.5. The van der Waals surface area contributed by atoms with Gasteiger partial charge >= 0.3 is 0 Å². The molecule has 3 rings (SSSR count). The predicted molar refractivity (Wildman–Crippen MR) is 75.8 cm³/mol. The number of carbonyl (C=O) groups is 1. The fraction of sp³-hybridized carbons (Fsp3) is 0.500. The first-order chi connectivity index (χ1) is 9.16. The molecule has 0 radical (unpaired) electrons. The number of rotatable bonds is 2. The molecule has 0 N–H and O–H groups in total. The second-order valence-electron chi connectivity index (χ2n) is 4.90. The molecule has 0 spiro atoms. The van der Waals surface area contributed by atoms with Gasteiger partial charge in [0, 0.05) is 12.7 Å². The molecule has 102 valence electrons. The second kappa shape index (κ2) is 5.23. The lowest BCUT2D eigenvalue weighted by atomic mass is 10.0. The van der Waals surface area contributed by atoms with E-state index < -0.39 is 0 Å². The minimum Gasteiger partial charge on any atom is -0.376 e. The van der Waals surface area contributed by atoms with E-state index in [4.69, 9.17) is 9.47 Å². The summed E-state index contributed by atoms with van der Waals surface area (Å²) >= 11 is 3.68. The van der Waals surface area contributed by atoms with E-state index in [1.54, 1.807) is 4.90 Å². The van der Waals surface area contributed by atoms with Crippen molar-refractivity contribution < 1.29 is 14.3 Å². The highest BCUT2D eigenvalue weighted by atomic mass is 79.9. The van der Waals surface area contributed by atoms with Gasteiger partial charge in [0.2, 0.25) is 5.91 Å². The van der Waals surface area contributed by atoms with E-state index in [2.05, 4.69) is 22.0 Å². The van der Waals surface area contributed by atoms with Crippen LogP contribution in [0.5, 0.6) is 0 Å². The minimum absolute atomic E-state index is 0.0293. The highest BCUT2D eigenvalue weighted by Crippen LogP contribution is 2.35. The Kier molecular flexibility index (Phi) is 3.60. The van der Waals surface area contributed by atoms with Gasteiger partial charge in [-0.25, -0.2) is 0 Å². The number of alkyl halides is 1. The van der Waals surface area contributed by atoms with Gasteiger partial charge < -0.3 is 14.4 Å². The van der Waals surface area contributed by atoms with Gasteiger partial charge in [0.25, 0.3) is 0 Å². The molecule has 0 saturated carbocycles. The molecule has 2 aliphatic rings. The van der Waals surface area contributed by atoms with Gasteiger partial charge in [0.05, 0.1) is 37.2 Å². The van der Waals surface area contributed by atoms with Crippen LogP contribution in [-0.2, 0) is 20.7 Å². The zero-order chi connectivity index (χ0) is 13.4. The van der Waals surface area contributed by atoms with Crippen LogP contribution in [0.3, 0.4) is 0 Å². The summed E-state index contributed by atoms with van der Waals surface area (Å²) in [5.74, 6) is 0.149. The van der Waals surface area contributed by atoms with Gasteiger partial charge in [-0.05, 0) is 17.2 Å². The Labute approximate surface area is 120 Å². The molecular weight excluding hydrogens is 310 g/mol. The predicted octanol–water partition coefficient (Wildman–Crippen LogP) is 2.06. The number of benzene rings is 1. The largest absolute Gasteiger partial charge is 0.376 e. The standard InChI is InChI=1S/C14H16BrNO3/c1-16-11-3-2-9(6-10(11)7-13(16)17)14(15)12-8-18-4-5-19-12/h2-3,6,12,14H,4-5,7-8H2,1H3. The molecule has 2 unspecified atom stereocenters. The van der Waals surface area contributed by atoms with Crippen molar-refractivity contribution in [3.8, 4) is 0 Å². The highest BCUT2D eigenvalue weighted by molar-refractivity contribution is 9.09. The maximum absolute atomic E-state index is 11.7. The van der Waals surface area contributed by atoms with Crippen LogP contribution in [-0.4, -0.2) is 38.9 Å². The van der Waals surface area contributed by atoms with E-state index in [-0.39, 0.29) is 16.8 Å². The number of likely N-dealkylation sites (N-methyl/N-ethyl adjacent to an activating group) is 1. The Morgan fingerprint density at radius 2 is 2.26 bits per heavy atom. The number of carbonyl (C=O) groups excluding carboxylic acids is 1. The first-order valence-electron chi connectivity index (χ1n) is 6.39. The van der Waals surface area contributed by atoms with Crippen molar-refractivity contribution >= 4 is 27.5 Å². The van der Waals surface area contributed by atoms with Crippen LogP contribution in [0.1, 0.15) is 16.0 Å². The molecule has 0 bridgehead atoms. The van der Waals surface area contributed by atoms with Gasteiger partial charge in [0.15, 0.2) is 0 Å². The summed E-state index contributed by atoms with van der Waals surface area (Å²) in [5, 5.41) is 0. The van der Waals surface area contributed by atoms with Crippen molar-refractivity contribution in [2.24, 2.45) is 0 Å². The lowest BCUT2D eigenvalue weighted by molar-refractivity contribution is -0.117. The van der Waals surface area contributed by atoms with Crippen molar-refractivity contribution in [3.63, 3.8) is 0 Å². The Bertz CT molecular complexity index is 499. The zero-order valence-corrected chi connectivity index (χ0v) is 12.4. The van der Waals surface area contributed by atoms with Gasteiger partial charge in [0.1, 0.15) is 0 Å². The van der Waals surface area contributed by atoms with E-state index in [0.717, 1.165) is 16.8 Å². The summed E-state index contributed by atoms with van der Waals surface area (Å²) in [6.45, 7) is 1.91. The number of hydrogen-bond donors (Lipinski definition) is 0. The topological polar surface area (TPSA) is 38.8 Å². The van der Waals surface area contributed by atoms with Crippen molar-refractivity contribution in [1.82, 2.24) is 0 Å². The molecule has 0 aliphatic carbocycles. The third-order valence-corrected chi connectivity index (χ3v) is 4.79. The molecule has 5 heteroatoms. The third-order valence-electron chi connectivity index (χ3n) is 3.67. The van der Waals surface area contributed by atoms with Crippen molar-refractivity contribution in [3.05, 3.63) is 29.3 Å². The number of halogens is 1. The lowest BCUT2D eigenvalue weighted by Gasteiger charge is -2.27. The molecular formula is C14H16BrNO3. The van der Waals surface area contributed by atoms with Crippen LogP contribution in [0.4, 0.5) is 5.69 Å². The van der Waals surface area contributed by atoms with Crippen LogP contribution in [0, 0.1) is 0 Å². The van der Waals surface area contributed by atoms with Gasteiger partial charge in [-0.1, -0.05) is 28.1 Å². The third kappa shape index (κ3) is 2.42. The number of ether oxygens (including phenoxy) is 2. The minimum atomic E-state index is 0.0293. The molecule has 1 aromatic rings. The van der Waals surface area contributed by atoms with Crippen LogP contribution < -0.4 is 4.90 Å². The van der Waals surface area contributed by atoms with Crippen molar-refractivity contribution in [1.29, 1.82) is 0 Å². The molecule has 2 aliphatic heterocycles. The maximum atomic E-state index is 11.7. The number of fused-ring (bicyclic) bond motifs is 1. The fourth-order valence-electron chi connectivity index (χ4n) is 2.55. The summed E-state index contributed by atoms with van der Waals surface area (Å²) in [6, 6.07) is 6.15. The number of nitrogens with zero attached hydrogens (tertiary/aromatic N) is 1. The van der Waals surface area contributed by atoms with Crippen LogP contribution in [0.15, 0.2) is 18.2 Å². The average Bonchev–Trinajstić information content (AvgIpc) is 2.74. The van der Waals surface area contributed by atoms with E-state index in [1.807, 2.05) is 19.2 Å². The van der Waals surface area contributed by atoms with Crippen molar-refractivity contribution in [2.75, 3.05) is 31.8 Å². The molecule has 1 fully saturated rings. The van der Waals surface area contributed by atoms with E-state index >= 15 is 0 Å². The monoisotopic (exact) mass is 325 g/mol. The van der Waals surface area contributed by atoms with Gasteiger partial charge in [-0.2, -0.15) is 0 Å². The number of hydrogen-bond acceptors (Lipinski definition) is 3. The molecule has 2 atom stereocenters. The number of amides is 1. The molecule has 19 heavy (non-hydrogen) atoms. The molecule has 1 saturated heterocycles. The Hall–Kier alpha value is -0.910. The summed E-state index contributed by atoms with van der Waals surface area (Å²) < 4.78 is 11.1. The summed E-state index contributed by atoms with van der Waals surface area (Å²) in [5.41, 5.74) is 3.23.